The lowest BCUT2D eigenvalue weighted by Gasteiger charge is -2.21. The monoisotopic (exact) mass is 352 g/mol. The molecular weight excluding hydrogens is 328 g/mol. The van der Waals surface area contributed by atoms with Crippen LogP contribution in [0.4, 0.5) is 10.5 Å². The zero-order chi connectivity index (χ0) is 18.4. The van der Waals surface area contributed by atoms with Gasteiger partial charge in [-0.05, 0) is 55.2 Å². The van der Waals surface area contributed by atoms with Crippen LogP contribution in [0.1, 0.15) is 30.9 Å². The van der Waals surface area contributed by atoms with Gasteiger partial charge in [0.15, 0.2) is 0 Å². The Morgan fingerprint density at radius 1 is 1.15 bits per heavy atom. The number of carbonyl (C=O) groups is 2. The predicted octanol–water partition coefficient (Wildman–Crippen LogP) is 2.80. The lowest BCUT2D eigenvalue weighted by molar-refractivity contribution is -0.127. The van der Waals surface area contributed by atoms with Gasteiger partial charge in [0.1, 0.15) is 0 Å². The molecule has 136 valence electrons. The Morgan fingerprint density at radius 2 is 1.85 bits per heavy atom. The Kier molecular flexibility index (Phi) is 5.84. The summed E-state index contributed by atoms with van der Waals surface area (Å²) < 4.78 is 0. The van der Waals surface area contributed by atoms with Crippen molar-refractivity contribution in [3.63, 3.8) is 0 Å². The highest BCUT2D eigenvalue weighted by molar-refractivity contribution is 5.89. The van der Waals surface area contributed by atoms with Gasteiger partial charge in [-0.25, -0.2) is 4.79 Å². The van der Waals surface area contributed by atoms with Crippen molar-refractivity contribution in [3.8, 4) is 0 Å². The molecule has 6 heteroatoms. The molecule has 6 nitrogen and oxygen atoms in total. The summed E-state index contributed by atoms with van der Waals surface area (Å²) >= 11 is 0. The minimum absolute atomic E-state index is 0.0944. The van der Waals surface area contributed by atoms with E-state index >= 15 is 0 Å². The van der Waals surface area contributed by atoms with E-state index in [0.29, 0.717) is 13.0 Å². The molecule has 2 N–H and O–H groups in total. The molecule has 26 heavy (non-hydrogen) atoms. The number of carbonyl (C=O) groups excluding carboxylic acids is 2. The van der Waals surface area contributed by atoms with Gasteiger partial charge >= 0.3 is 6.03 Å². The van der Waals surface area contributed by atoms with Crippen molar-refractivity contribution in [2.45, 2.75) is 32.2 Å². The SMILES string of the molecule is C[C@H](CN1CCCC1=O)NC(=O)Nc1ccc(Cc2ccncc2)cc1. The number of nitrogens with zero attached hydrogens (tertiary/aromatic N) is 2. The minimum Gasteiger partial charge on any atom is -0.341 e. The first kappa shape index (κ1) is 17.9. The molecule has 0 radical (unpaired) electrons. The molecule has 3 rings (SSSR count). The molecule has 2 aromatic rings. The number of amides is 3. The fourth-order valence-electron chi connectivity index (χ4n) is 3.11. The van der Waals surface area contributed by atoms with Crippen molar-refractivity contribution in [3.05, 3.63) is 59.9 Å². The zero-order valence-corrected chi connectivity index (χ0v) is 14.9. The van der Waals surface area contributed by atoms with Gasteiger partial charge in [-0.3, -0.25) is 9.78 Å². The topological polar surface area (TPSA) is 74.3 Å². The Balaban J connectivity index is 1.47. The molecule has 1 aliphatic rings. The van der Waals surface area contributed by atoms with Crippen LogP contribution in [-0.4, -0.2) is 41.0 Å². The number of nitrogens with one attached hydrogen (secondary N) is 2. The highest BCUT2D eigenvalue weighted by Crippen LogP contribution is 2.13. The average molecular weight is 352 g/mol. The third-order valence-corrected chi connectivity index (χ3v) is 4.41. The summed E-state index contributed by atoms with van der Waals surface area (Å²) in [6.07, 6.45) is 5.92. The molecule has 0 spiro atoms. The fraction of sp³-hybridized carbons (Fsp3) is 0.350. The minimum atomic E-state index is -0.258. The second-order valence-corrected chi connectivity index (χ2v) is 6.67. The van der Waals surface area contributed by atoms with Gasteiger partial charge < -0.3 is 15.5 Å². The van der Waals surface area contributed by atoms with Crippen LogP contribution in [0.5, 0.6) is 0 Å². The maximum atomic E-state index is 12.1. The largest absolute Gasteiger partial charge is 0.341 e. The number of aromatic nitrogens is 1. The van der Waals surface area contributed by atoms with Crippen LogP contribution in [0.25, 0.3) is 0 Å². The van der Waals surface area contributed by atoms with Crippen LogP contribution >= 0.6 is 0 Å². The summed E-state index contributed by atoms with van der Waals surface area (Å²) in [7, 11) is 0. The quantitative estimate of drug-likeness (QED) is 0.839. The maximum absolute atomic E-state index is 12.1. The number of likely N-dealkylation sites (tertiary alicyclic amines) is 1. The highest BCUT2D eigenvalue weighted by Gasteiger charge is 2.22. The standard InChI is InChI=1S/C20H24N4O2/c1-15(14-24-12-2-3-19(24)25)22-20(26)23-18-6-4-16(5-7-18)13-17-8-10-21-11-9-17/h4-11,15H,2-3,12-14H2,1H3,(H2,22,23,26)/t15-/m1/s1. The van der Waals surface area contributed by atoms with Crippen LogP contribution in [0, 0.1) is 0 Å². The lowest BCUT2D eigenvalue weighted by atomic mass is 10.1. The number of benzene rings is 1. The van der Waals surface area contributed by atoms with E-state index in [0.717, 1.165) is 25.1 Å². The second kappa shape index (κ2) is 8.47. The second-order valence-electron chi connectivity index (χ2n) is 6.67. The number of hydrogen-bond donors (Lipinski definition) is 2. The van der Waals surface area contributed by atoms with Crippen molar-refractivity contribution >= 4 is 17.6 Å². The Hall–Kier alpha value is -2.89. The Morgan fingerprint density at radius 3 is 2.50 bits per heavy atom. The molecule has 1 atom stereocenters. The highest BCUT2D eigenvalue weighted by atomic mass is 16.2. The predicted molar refractivity (Wildman–Crippen MR) is 101 cm³/mol. The molecule has 1 aliphatic heterocycles. The van der Waals surface area contributed by atoms with E-state index in [9.17, 15) is 9.59 Å². The number of pyridine rings is 1. The normalized spacial score (nSPS) is 15.0. The summed E-state index contributed by atoms with van der Waals surface area (Å²) in [6.45, 7) is 3.24. The molecule has 0 unspecified atom stereocenters. The van der Waals surface area contributed by atoms with E-state index in [1.807, 2.05) is 43.3 Å². The van der Waals surface area contributed by atoms with Gasteiger partial charge in [-0.15, -0.1) is 0 Å². The van der Waals surface area contributed by atoms with E-state index in [1.165, 1.54) is 11.1 Å². The molecule has 3 amide bonds. The first-order valence-electron chi connectivity index (χ1n) is 8.93. The van der Waals surface area contributed by atoms with Gasteiger partial charge in [0.25, 0.3) is 0 Å². The Bertz CT molecular complexity index is 746. The molecule has 1 aromatic heterocycles. The van der Waals surface area contributed by atoms with Gasteiger partial charge in [0.2, 0.25) is 5.91 Å². The van der Waals surface area contributed by atoms with Crippen LogP contribution in [-0.2, 0) is 11.2 Å². The van der Waals surface area contributed by atoms with Gasteiger partial charge in [0, 0.05) is 43.6 Å². The molecule has 1 aromatic carbocycles. The van der Waals surface area contributed by atoms with Crippen LogP contribution in [0.2, 0.25) is 0 Å². The first-order chi connectivity index (χ1) is 12.6. The van der Waals surface area contributed by atoms with E-state index in [1.54, 1.807) is 17.3 Å². The van der Waals surface area contributed by atoms with Crippen LogP contribution < -0.4 is 10.6 Å². The summed E-state index contributed by atoms with van der Waals surface area (Å²) in [5.74, 6) is 0.170. The molecule has 0 saturated carbocycles. The summed E-state index contributed by atoms with van der Waals surface area (Å²) in [4.78, 5) is 29.6. The third kappa shape index (κ3) is 5.05. The maximum Gasteiger partial charge on any atom is 0.319 e. The molecule has 0 bridgehead atoms. The van der Waals surface area contributed by atoms with E-state index in [4.69, 9.17) is 0 Å². The number of rotatable bonds is 6. The number of hydrogen-bond acceptors (Lipinski definition) is 3. The molecular formula is C20H24N4O2. The summed E-state index contributed by atoms with van der Waals surface area (Å²) in [6, 6.07) is 11.4. The average Bonchev–Trinajstić information content (AvgIpc) is 3.02. The number of anilines is 1. The van der Waals surface area contributed by atoms with Crippen molar-refractivity contribution in [1.82, 2.24) is 15.2 Å². The van der Waals surface area contributed by atoms with Crippen molar-refractivity contribution in [2.24, 2.45) is 0 Å². The van der Waals surface area contributed by atoms with Gasteiger partial charge in [-0.1, -0.05) is 12.1 Å². The third-order valence-electron chi connectivity index (χ3n) is 4.41. The molecule has 1 saturated heterocycles. The van der Waals surface area contributed by atoms with Crippen LogP contribution in [0.15, 0.2) is 48.8 Å². The van der Waals surface area contributed by atoms with Gasteiger partial charge in [-0.2, -0.15) is 0 Å². The smallest absolute Gasteiger partial charge is 0.319 e. The molecule has 0 aliphatic carbocycles. The molecule has 2 heterocycles. The van der Waals surface area contributed by atoms with Crippen molar-refractivity contribution in [2.75, 3.05) is 18.4 Å². The zero-order valence-electron chi connectivity index (χ0n) is 14.9. The van der Waals surface area contributed by atoms with Crippen LogP contribution in [0.3, 0.4) is 0 Å². The summed E-state index contributed by atoms with van der Waals surface area (Å²) in [5, 5.41) is 5.72. The van der Waals surface area contributed by atoms with Crippen molar-refractivity contribution < 1.29 is 9.59 Å². The van der Waals surface area contributed by atoms with E-state index < -0.39 is 0 Å². The number of urea groups is 1. The fourth-order valence-corrected chi connectivity index (χ4v) is 3.11. The Labute approximate surface area is 153 Å². The van der Waals surface area contributed by atoms with E-state index in [2.05, 4.69) is 15.6 Å². The van der Waals surface area contributed by atoms with Gasteiger partial charge in [0.05, 0.1) is 0 Å². The molecule has 1 fully saturated rings. The first-order valence-corrected chi connectivity index (χ1v) is 8.93. The van der Waals surface area contributed by atoms with E-state index in [-0.39, 0.29) is 18.0 Å². The summed E-state index contributed by atoms with van der Waals surface area (Å²) in [5.41, 5.74) is 3.11. The van der Waals surface area contributed by atoms with Crippen molar-refractivity contribution in [1.29, 1.82) is 0 Å². The lowest BCUT2D eigenvalue weighted by Crippen LogP contribution is -2.44.